The van der Waals surface area contributed by atoms with Gasteiger partial charge in [-0.25, -0.2) is 23.2 Å². The molecule has 2 aliphatic rings. The Balaban J connectivity index is 1.67. The SMILES string of the molecule is CN1Cc2sc(N3N=C(c4cc(F)ccc4F)SC3(CCCN)c3ccccc3)nc2C(F)C1. The molecule has 3 aromatic rings. The molecule has 1 aromatic heterocycles. The molecule has 5 rings (SSSR count). The van der Waals surface area contributed by atoms with Gasteiger partial charge < -0.3 is 5.73 Å². The third-order valence-corrected chi connectivity index (χ3v) is 8.46. The number of benzene rings is 2. The van der Waals surface area contributed by atoms with Crippen LogP contribution in [0, 0.1) is 11.6 Å². The lowest BCUT2D eigenvalue weighted by Crippen LogP contribution is -2.38. The molecule has 0 bridgehead atoms. The van der Waals surface area contributed by atoms with Crippen LogP contribution in [0.2, 0.25) is 0 Å². The first-order valence-corrected chi connectivity index (χ1v) is 12.7. The summed E-state index contributed by atoms with van der Waals surface area (Å²) in [5, 5.41) is 7.42. The van der Waals surface area contributed by atoms with Gasteiger partial charge in [-0.2, -0.15) is 5.10 Å². The maximum Gasteiger partial charge on any atom is 0.208 e. The number of hydrogen-bond acceptors (Lipinski definition) is 7. The smallest absolute Gasteiger partial charge is 0.208 e. The number of anilines is 1. The fourth-order valence-corrected chi connectivity index (χ4v) is 7.05. The first-order chi connectivity index (χ1) is 16.4. The zero-order valence-corrected chi connectivity index (χ0v) is 20.2. The van der Waals surface area contributed by atoms with E-state index in [0.29, 0.717) is 41.8 Å². The van der Waals surface area contributed by atoms with Crippen LogP contribution in [-0.4, -0.2) is 35.1 Å². The van der Waals surface area contributed by atoms with Crippen molar-refractivity contribution in [2.24, 2.45) is 10.8 Å². The van der Waals surface area contributed by atoms with Crippen molar-refractivity contribution in [1.29, 1.82) is 0 Å². The van der Waals surface area contributed by atoms with Gasteiger partial charge in [0.2, 0.25) is 5.13 Å². The van der Waals surface area contributed by atoms with E-state index in [1.807, 2.05) is 42.3 Å². The van der Waals surface area contributed by atoms with Crippen molar-refractivity contribution < 1.29 is 13.2 Å². The zero-order valence-electron chi connectivity index (χ0n) is 18.5. The summed E-state index contributed by atoms with van der Waals surface area (Å²) in [6.45, 7) is 1.34. The highest BCUT2D eigenvalue weighted by atomic mass is 32.2. The Morgan fingerprint density at radius 2 is 1.97 bits per heavy atom. The van der Waals surface area contributed by atoms with E-state index in [1.165, 1.54) is 23.1 Å². The van der Waals surface area contributed by atoms with E-state index in [4.69, 9.17) is 10.8 Å². The van der Waals surface area contributed by atoms with Crippen LogP contribution in [-0.2, 0) is 11.4 Å². The fourth-order valence-electron chi connectivity index (χ4n) is 4.35. The molecule has 3 heterocycles. The maximum atomic E-state index is 14.8. The maximum absolute atomic E-state index is 14.8. The molecule has 0 saturated carbocycles. The van der Waals surface area contributed by atoms with Gasteiger partial charge in [-0.1, -0.05) is 53.4 Å². The topological polar surface area (TPSA) is 57.8 Å². The number of aromatic nitrogens is 1. The molecule has 0 fully saturated rings. The number of halogens is 3. The highest BCUT2D eigenvalue weighted by molar-refractivity contribution is 8.15. The molecule has 5 nitrogen and oxygen atoms in total. The number of likely N-dealkylation sites (N-methyl/N-ethyl adjacent to an activating group) is 1. The second-order valence-corrected chi connectivity index (χ2v) is 10.8. The van der Waals surface area contributed by atoms with Gasteiger partial charge in [0.1, 0.15) is 21.5 Å². The number of hydrogen-bond donors (Lipinski definition) is 1. The monoisotopic (exact) mass is 503 g/mol. The molecule has 0 spiro atoms. The summed E-state index contributed by atoms with van der Waals surface area (Å²) < 4.78 is 43.6. The van der Waals surface area contributed by atoms with Crippen LogP contribution in [0.1, 0.15) is 40.7 Å². The van der Waals surface area contributed by atoms with Crippen LogP contribution in [0.25, 0.3) is 0 Å². The minimum Gasteiger partial charge on any atom is -0.330 e. The lowest BCUT2D eigenvalue weighted by atomic mass is 10.0. The molecule has 2 aromatic carbocycles. The third kappa shape index (κ3) is 4.13. The van der Waals surface area contributed by atoms with Crippen LogP contribution in [0.3, 0.4) is 0 Å². The van der Waals surface area contributed by atoms with Crippen molar-refractivity contribution >= 4 is 33.3 Å². The number of hydrazone groups is 1. The van der Waals surface area contributed by atoms with Crippen LogP contribution >= 0.6 is 23.1 Å². The van der Waals surface area contributed by atoms with Gasteiger partial charge in [-0.15, -0.1) is 0 Å². The molecule has 0 aliphatic carbocycles. The van der Waals surface area contributed by atoms with Crippen molar-refractivity contribution in [3.63, 3.8) is 0 Å². The largest absolute Gasteiger partial charge is 0.330 e. The quantitative estimate of drug-likeness (QED) is 0.489. The lowest BCUT2D eigenvalue weighted by molar-refractivity contribution is 0.194. The van der Waals surface area contributed by atoms with E-state index in [1.54, 1.807) is 5.01 Å². The van der Waals surface area contributed by atoms with Gasteiger partial charge in [0.25, 0.3) is 0 Å². The number of nitrogens with two attached hydrogens (primary N) is 1. The average Bonchev–Trinajstić information content (AvgIpc) is 3.42. The number of fused-ring (bicyclic) bond motifs is 1. The van der Waals surface area contributed by atoms with Crippen molar-refractivity contribution in [3.05, 3.63) is 81.9 Å². The second kappa shape index (κ2) is 9.33. The van der Waals surface area contributed by atoms with Crippen molar-refractivity contribution in [2.45, 2.75) is 30.4 Å². The molecule has 10 heteroatoms. The van der Waals surface area contributed by atoms with Crippen LogP contribution in [0.5, 0.6) is 0 Å². The minimum absolute atomic E-state index is 0.0879. The number of rotatable bonds is 6. The molecule has 0 saturated heterocycles. The number of thiazole rings is 1. The molecule has 2 unspecified atom stereocenters. The fraction of sp³-hybridized carbons (Fsp3) is 0.333. The normalized spacial score (nSPS) is 22.7. The third-order valence-electron chi connectivity index (χ3n) is 5.98. The summed E-state index contributed by atoms with van der Waals surface area (Å²) >= 11 is 2.74. The Labute approximate surface area is 204 Å². The van der Waals surface area contributed by atoms with E-state index in [9.17, 15) is 13.2 Å². The van der Waals surface area contributed by atoms with Crippen LogP contribution in [0.15, 0.2) is 53.6 Å². The molecule has 0 amide bonds. The molecule has 0 radical (unpaired) electrons. The first kappa shape index (κ1) is 23.3. The predicted octanol–water partition coefficient (Wildman–Crippen LogP) is 5.38. The zero-order chi connectivity index (χ0) is 23.9. The van der Waals surface area contributed by atoms with Gasteiger partial charge in [0.05, 0.1) is 5.69 Å². The van der Waals surface area contributed by atoms with E-state index >= 15 is 0 Å². The number of thioether (sulfide) groups is 1. The predicted molar refractivity (Wildman–Crippen MR) is 132 cm³/mol. The van der Waals surface area contributed by atoms with Crippen LogP contribution < -0.4 is 10.7 Å². The molecular weight excluding hydrogens is 479 g/mol. The van der Waals surface area contributed by atoms with E-state index < -0.39 is 22.7 Å². The summed E-state index contributed by atoms with van der Waals surface area (Å²) in [7, 11) is 1.87. The second-order valence-electron chi connectivity index (χ2n) is 8.45. The molecule has 2 aliphatic heterocycles. The molecule has 178 valence electrons. The van der Waals surface area contributed by atoms with Crippen molar-refractivity contribution in [1.82, 2.24) is 9.88 Å². The van der Waals surface area contributed by atoms with E-state index in [-0.39, 0.29) is 12.1 Å². The van der Waals surface area contributed by atoms with Crippen molar-refractivity contribution in [3.8, 4) is 0 Å². The number of nitrogens with zero attached hydrogens (tertiary/aromatic N) is 4. The Morgan fingerprint density at radius 1 is 1.18 bits per heavy atom. The Kier molecular flexibility index (Phi) is 6.41. The molecule has 2 N–H and O–H groups in total. The van der Waals surface area contributed by atoms with Gasteiger partial charge in [-0.05, 0) is 50.2 Å². The van der Waals surface area contributed by atoms with Gasteiger partial charge in [0.15, 0.2) is 6.17 Å². The molecule has 34 heavy (non-hydrogen) atoms. The highest BCUT2D eigenvalue weighted by Crippen LogP contribution is 2.53. The lowest BCUT2D eigenvalue weighted by Gasteiger charge is -2.35. The van der Waals surface area contributed by atoms with Gasteiger partial charge in [0, 0.05) is 23.5 Å². The Bertz CT molecular complexity index is 1220. The van der Waals surface area contributed by atoms with Gasteiger partial charge >= 0.3 is 0 Å². The molecular formula is C24H24F3N5S2. The minimum atomic E-state index is -1.19. The summed E-state index contributed by atoms with van der Waals surface area (Å²) in [6, 6.07) is 13.1. The van der Waals surface area contributed by atoms with E-state index in [0.717, 1.165) is 28.6 Å². The first-order valence-electron chi connectivity index (χ1n) is 11.0. The average molecular weight is 504 g/mol. The van der Waals surface area contributed by atoms with Crippen LogP contribution in [0.4, 0.5) is 18.3 Å². The van der Waals surface area contributed by atoms with Crippen molar-refractivity contribution in [2.75, 3.05) is 25.1 Å². The van der Waals surface area contributed by atoms with E-state index in [2.05, 4.69) is 4.98 Å². The Hall–Kier alpha value is -2.40. The Morgan fingerprint density at radius 3 is 2.74 bits per heavy atom. The summed E-state index contributed by atoms with van der Waals surface area (Å²) in [5.41, 5.74) is 7.35. The van der Waals surface area contributed by atoms with Gasteiger partial charge in [-0.3, -0.25) is 4.90 Å². The highest BCUT2D eigenvalue weighted by Gasteiger charge is 2.48. The summed E-state index contributed by atoms with van der Waals surface area (Å²) in [5.74, 6) is -1.10. The summed E-state index contributed by atoms with van der Waals surface area (Å²) in [4.78, 5) is 6.65. The molecule has 2 atom stereocenters. The summed E-state index contributed by atoms with van der Waals surface area (Å²) in [6.07, 6.45) is 0.0748. The standard InChI is InChI=1S/C24H24F3N5S2/c1-31-13-19(27)21-20(14-31)33-23(29-21)32-24(10-5-11-28,15-6-3-2-4-7-15)34-22(30-32)17-12-16(25)8-9-18(17)26/h2-4,6-9,12,19H,5,10-11,13-14,28H2,1H3. The number of alkyl halides is 1.